The van der Waals surface area contributed by atoms with E-state index in [1.807, 2.05) is 0 Å². The summed E-state index contributed by atoms with van der Waals surface area (Å²) >= 11 is 0. The molecule has 12 amide bonds. The standard InChI is InChI=1S/C17H23FN4O6.3C16H22FN5O6.4CO2/c18-13-10-11(6-9-19-13)15(25)20-7-2-1-3-8-21-17(28)22-12(16(26)27)4-5-14(23)24;17-12-6-4-10(21-22-12)14(25)18-8-2-1-3-9-19-16(28)20-11(15(26)27)5-7-13(23)24;17-10-6-9-20-22-13(10)14(25)18-7-2-1-3-8-19-16(28)21-11(15(26)27)4-5-12(23)24;17-10-8-12(22-20-9-10)14(25)18-6-2-1-3-7-19-16(28)21-11(15(26)27)4-5-13(23)24;4*2-1-3/h6,9-10,12H,1-5,7-8H2,(H,20,25)(H,23,24)(H,26,27)(H2,21,22,28);4,6,11H,1-3,5,7-9H2,(H,18,25)(H,23,24)(H,26,27)(H2,19,20,28);6,9,11H,1-5,7-8H2,(H,18,25)(H,23,24)(H,26,27)(H2,19,21,28);8-9,11H,1-7H2,(H,18,25)(H,23,24)(H,26,27)(H2,19,21,28);;;;/t12-;3*11-;;;;/m0000..../s1/i18-1;3*17-1;;;;. The Morgan fingerprint density at radius 3 is 0.927 bits per heavy atom. The maximum absolute atomic E-state index is 13.3. The molecule has 4 aromatic heterocycles. The van der Waals surface area contributed by atoms with Gasteiger partial charge in [0.1, 0.15) is 30.0 Å². The Balaban J connectivity index is -0.000000740. The van der Waals surface area contributed by atoms with Crippen molar-refractivity contribution < 1.29 is 173 Å². The first-order valence-corrected chi connectivity index (χ1v) is 36.0. The number of carbonyl (C=O) groups excluding carboxylic acids is 16. The van der Waals surface area contributed by atoms with E-state index in [2.05, 4.69) is 99.4 Å². The van der Waals surface area contributed by atoms with Crippen molar-refractivity contribution in [1.29, 1.82) is 0 Å². The molecule has 0 unspecified atom stereocenters. The SMILES string of the molecule is O=C(O)CC[C@H](NC(=O)NCCCCCNC(=O)c1cc([18F])cnn1)C(=O)O.O=C(O)CC[C@H](NC(=O)NCCCCCNC(=O)c1ccc([18F])nn1)C(=O)O.O=C(O)CC[C@H](NC(=O)NCCCCCNC(=O)c1ccnc([18F])c1)C(=O)O.O=C(O)CC[C@H](NC(=O)NCCCCCNC(=O)c1nnccc1[18F])C(=O)O.O=C=O.O=C=O.O=C=O.O=C=O. The molecule has 4 aromatic rings. The van der Waals surface area contributed by atoms with E-state index in [-0.39, 0.29) is 125 Å². The van der Waals surface area contributed by atoms with Crippen molar-refractivity contribution in [2.24, 2.45) is 0 Å². The molecular formula is C69H89F4N19O32. The fourth-order valence-electron chi connectivity index (χ4n) is 8.53. The Bertz CT molecular complexity index is 3990. The Hall–Kier alpha value is -15.7. The van der Waals surface area contributed by atoms with E-state index < -0.39 is 143 Å². The van der Waals surface area contributed by atoms with Crippen molar-refractivity contribution in [2.75, 3.05) is 52.4 Å². The van der Waals surface area contributed by atoms with Crippen molar-refractivity contribution >= 4 is 120 Å². The molecule has 4 rings (SSSR count). The zero-order chi connectivity index (χ0) is 94.6. The predicted molar refractivity (Wildman–Crippen MR) is 394 cm³/mol. The third-order valence-corrected chi connectivity index (χ3v) is 14.3. The number of halogens is 4. The predicted octanol–water partition coefficient (Wildman–Crippen LogP) is -1.20. The van der Waals surface area contributed by atoms with E-state index in [0.29, 0.717) is 103 Å². The highest BCUT2D eigenvalue weighted by Gasteiger charge is 2.25. The molecule has 51 nitrogen and oxygen atoms in total. The number of amides is 12. The molecule has 0 aliphatic rings. The molecule has 0 spiro atoms. The molecule has 20 N–H and O–H groups in total. The van der Waals surface area contributed by atoms with Gasteiger partial charge in [0.25, 0.3) is 23.6 Å². The summed E-state index contributed by atoms with van der Waals surface area (Å²) in [6.45, 7) is 2.49. The van der Waals surface area contributed by atoms with Gasteiger partial charge in [-0.2, -0.15) is 57.3 Å². The minimum absolute atomic E-state index is 0.00983. The van der Waals surface area contributed by atoms with Crippen LogP contribution < -0.4 is 63.8 Å². The summed E-state index contributed by atoms with van der Waals surface area (Å²) in [5.74, 6) is -14.8. The molecular weight excluding hydrogens is 1680 g/mol. The normalized spacial score (nSPS) is 10.5. The van der Waals surface area contributed by atoms with Crippen LogP contribution in [0.5, 0.6) is 0 Å². The monoisotopic (exact) mass is 1770 g/mol. The second-order valence-electron chi connectivity index (χ2n) is 23.6. The van der Waals surface area contributed by atoms with E-state index in [9.17, 15) is 94.3 Å². The molecule has 0 radical (unpaired) electrons. The second kappa shape index (κ2) is 73.7. The average molecular weight is 1770 g/mol. The van der Waals surface area contributed by atoms with Crippen molar-refractivity contribution in [3.63, 3.8) is 0 Å². The van der Waals surface area contributed by atoms with E-state index in [0.717, 1.165) is 36.7 Å². The topological polar surface area (TPSA) is 806 Å². The number of carboxylic acids is 8. The lowest BCUT2D eigenvalue weighted by atomic mass is 10.1. The number of hydrogen-bond acceptors (Lipinski definition) is 31. The summed E-state index contributed by atoms with van der Waals surface area (Å²) in [6, 6.07) is -1.18. The smallest absolute Gasteiger partial charge is 0.373 e. The molecule has 680 valence electrons. The molecule has 0 saturated carbocycles. The third kappa shape index (κ3) is 66.4. The number of unbranched alkanes of at least 4 members (excludes halogenated alkanes) is 8. The molecule has 0 fully saturated rings. The van der Waals surface area contributed by atoms with Crippen LogP contribution in [0.1, 0.15) is 170 Å². The lowest BCUT2D eigenvalue weighted by Crippen LogP contribution is -2.46. The zero-order valence-electron chi connectivity index (χ0n) is 65.3. The number of nitrogens with zero attached hydrogens (tertiary/aromatic N) is 7. The number of aromatic nitrogens is 7. The summed E-state index contributed by atoms with van der Waals surface area (Å²) in [5.41, 5.74) is -0.303. The minimum Gasteiger partial charge on any atom is -0.481 e. The maximum Gasteiger partial charge on any atom is 0.373 e. The van der Waals surface area contributed by atoms with Gasteiger partial charge in [-0.15, -0.1) is 20.4 Å². The number of nitrogens with one attached hydrogen (secondary N) is 12. The summed E-state index contributed by atoms with van der Waals surface area (Å²) in [5, 5.41) is 119. The minimum atomic E-state index is -1.31. The van der Waals surface area contributed by atoms with Crippen LogP contribution in [-0.4, -0.2) is 273 Å². The van der Waals surface area contributed by atoms with E-state index >= 15 is 0 Å². The Labute approximate surface area is 697 Å². The van der Waals surface area contributed by atoms with Crippen molar-refractivity contribution in [1.82, 2.24) is 99.4 Å². The highest BCUT2D eigenvalue weighted by molar-refractivity contribution is 5.95. The van der Waals surface area contributed by atoms with Crippen molar-refractivity contribution in [3.8, 4) is 0 Å². The number of carbonyl (C=O) groups is 16. The fraction of sp³-hybridized carbons (Fsp3) is 0.464. The van der Waals surface area contributed by atoms with Crippen LogP contribution in [0.15, 0.2) is 55.0 Å². The van der Waals surface area contributed by atoms with E-state index in [1.54, 1.807) is 0 Å². The maximum atomic E-state index is 13.3. The lowest BCUT2D eigenvalue weighted by Gasteiger charge is -2.14. The van der Waals surface area contributed by atoms with Crippen LogP contribution in [-0.2, 0) is 76.7 Å². The number of rotatable bonds is 48. The van der Waals surface area contributed by atoms with Crippen LogP contribution in [0.25, 0.3) is 0 Å². The number of carboxylic acid groups (broad SMARTS) is 8. The molecule has 0 aliphatic carbocycles. The molecule has 0 aliphatic heterocycles. The van der Waals surface area contributed by atoms with Gasteiger partial charge in [-0.05, 0) is 127 Å². The van der Waals surface area contributed by atoms with Gasteiger partial charge in [0.2, 0.25) is 11.9 Å². The summed E-state index contributed by atoms with van der Waals surface area (Å²) in [7, 11) is 0. The molecule has 4 heterocycles. The van der Waals surface area contributed by atoms with Gasteiger partial charge < -0.3 is 105 Å². The quantitative estimate of drug-likeness (QED) is 0.0140. The first-order valence-electron chi connectivity index (χ1n) is 36.0. The van der Waals surface area contributed by atoms with Crippen LogP contribution in [0.2, 0.25) is 0 Å². The van der Waals surface area contributed by atoms with Gasteiger partial charge in [0.05, 0.1) is 12.4 Å². The molecule has 0 aromatic carbocycles. The molecule has 4 atom stereocenters. The molecule has 0 bridgehead atoms. The van der Waals surface area contributed by atoms with Crippen LogP contribution in [0.4, 0.5) is 36.7 Å². The molecule has 55 heteroatoms. The van der Waals surface area contributed by atoms with Gasteiger partial charge in [0.15, 0.2) is 22.9 Å². The largest absolute Gasteiger partial charge is 0.481 e. The number of hydrogen-bond donors (Lipinski definition) is 20. The van der Waals surface area contributed by atoms with Crippen LogP contribution in [0, 0.1) is 23.5 Å². The Morgan fingerprint density at radius 2 is 0.637 bits per heavy atom. The van der Waals surface area contributed by atoms with Crippen molar-refractivity contribution in [2.45, 2.75) is 153 Å². The highest BCUT2D eigenvalue weighted by Crippen LogP contribution is 2.07. The Kier molecular flexibility index (Phi) is 68.2. The third-order valence-electron chi connectivity index (χ3n) is 14.3. The molecule has 124 heavy (non-hydrogen) atoms. The van der Waals surface area contributed by atoms with Gasteiger partial charge in [0, 0.05) is 102 Å². The number of aliphatic carboxylic acids is 8. The number of pyridine rings is 1. The summed E-state index contributed by atoms with van der Waals surface area (Å²) < 4.78 is 51.8. The first-order chi connectivity index (χ1) is 58.8. The van der Waals surface area contributed by atoms with Gasteiger partial charge >= 0.3 is 96.5 Å². The van der Waals surface area contributed by atoms with Crippen LogP contribution in [0.3, 0.4) is 0 Å². The number of urea groups is 4. The highest BCUT2D eigenvalue weighted by atomic mass is 18.2. The van der Waals surface area contributed by atoms with E-state index in [1.165, 1.54) is 18.3 Å². The van der Waals surface area contributed by atoms with Crippen LogP contribution >= 0.6 is 0 Å². The Morgan fingerprint density at radius 1 is 0.323 bits per heavy atom. The van der Waals surface area contributed by atoms with Gasteiger partial charge in [-0.1, -0.05) is 0 Å². The average Bonchev–Trinajstić information content (AvgIpc) is 0.881. The van der Waals surface area contributed by atoms with Gasteiger partial charge in [-0.3, -0.25) is 38.4 Å². The first kappa shape index (κ1) is 115. The van der Waals surface area contributed by atoms with Crippen molar-refractivity contribution in [3.05, 3.63) is 101 Å². The second-order valence-corrected chi connectivity index (χ2v) is 23.6. The summed E-state index contributed by atoms with van der Waals surface area (Å²) in [4.78, 5) is 248. The fourth-order valence-corrected chi connectivity index (χ4v) is 8.53. The lowest BCUT2D eigenvalue weighted by molar-refractivity contribution is -0.193. The van der Waals surface area contributed by atoms with Gasteiger partial charge in [-0.25, -0.2) is 52.1 Å². The summed E-state index contributed by atoms with van der Waals surface area (Å²) in [6.07, 6.45) is 9.35. The zero-order valence-corrected chi connectivity index (χ0v) is 65.3. The molecule has 0 saturated heterocycles. The van der Waals surface area contributed by atoms with E-state index in [4.69, 9.17) is 79.2 Å².